The molecule has 0 bridgehead atoms. The number of piperidine rings is 2. The minimum atomic E-state index is 0. The van der Waals surface area contributed by atoms with Gasteiger partial charge in [-0.1, -0.05) is 30.7 Å². The second kappa shape index (κ2) is 13.9. The number of nitrogens with zero attached hydrogens (tertiary/aromatic N) is 3. The lowest BCUT2D eigenvalue weighted by Gasteiger charge is -2.40. The Morgan fingerprint density at radius 1 is 1.16 bits per heavy atom. The monoisotopic (exact) mass is 561 g/mol. The second-order valence-corrected chi connectivity index (χ2v) is 9.32. The van der Waals surface area contributed by atoms with Gasteiger partial charge in [-0.25, -0.2) is 0 Å². The van der Waals surface area contributed by atoms with Crippen LogP contribution in [0, 0.1) is 11.8 Å². The Morgan fingerprint density at radius 2 is 1.97 bits per heavy atom. The molecule has 2 heterocycles. The van der Waals surface area contributed by atoms with Gasteiger partial charge in [0.05, 0.1) is 0 Å². The number of likely N-dealkylation sites (tertiary alicyclic amines) is 2. The fraction of sp³-hybridized carbons (Fsp3) is 0.708. The van der Waals surface area contributed by atoms with Gasteiger partial charge in [-0.05, 0) is 88.8 Å². The van der Waals surface area contributed by atoms with E-state index >= 15 is 0 Å². The molecule has 5 nitrogen and oxygen atoms in total. The molecule has 2 aliphatic heterocycles. The van der Waals surface area contributed by atoms with Gasteiger partial charge in [-0.15, -0.1) is 24.0 Å². The van der Waals surface area contributed by atoms with E-state index in [1.807, 2.05) is 6.07 Å². The first kappa shape index (κ1) is 26.7. The zero-order chi connectivity index (χ0) is 21.3. The van der Waals surface area contributed by atoms with Crippen LogP contribution in [0.4, 0.5) is 0 Å². The van der Waals surface area contributed by atoms with E-state index < -0.39 is 0 Å². The van der Waals surface area contributed by atoms with Gasteiger partial charge < -0.3 is 15.5 Å². The first-order valence-corrected chi connectivity index (χ1v) is 12.2. The van der Waals surface area contributed by atoms with Crippen molar-refractivity contribution in [2.24, 2.45) is 16.8 Å². The topological polar surface area (TPSA) is 42.9 Å². The van der Waals surface area contributed by atoms with E-state index in [1.165, 1.54) is 44.3 Å². The van der Waals surface area contributed by atoms with Crippen molar-refractivity contribution in [3.05, 3.63) is 34.9 Å². The molecule has 2 N–H and O–H groups in total. The lowest BCUT2D eigenvalue weighted by Crippen LogP contribution is -2.45. The maximum Gasteiger partial charge on any atom is 0.191 e. The third kappa shape index (κ3) is 8.06. The number of rotatable bonds is 7. The summed E-state index contributed by atoms with van der Waals surface area (Å²) in [6.07, 6.45) is 5.06. The van der Waals surface area contributed by atoms with Crippen LogP contribution in [0.2, 0.25) is 5.02 Å². The van der Waals surface area contributed by atoms with E-state index in [-0.39, 0.29) is 24.0 Å². The standard InChI is InChI=1S/C24H40ClN5.HI/c1-4-26-24(27-16-19-9-7-14-30(5-2)18-19)28-17-21-11-8-13-29(3)23(21)20-10-6-12-22(25)15-20;/h6,10,12,15,19,21,23H,4-5,7-9,11,13-14,16-18H2,1-3H3,(H2,26,27,28);1H. The summed E-state index contributed by atoms with van der Waals surface area (Å²) >= 11 is 6.30. The van der Waals surface area contributed by atoms with Crippen molar-refractivity contribution in [3.63, 3.8) is 0 Å². The Bertz CT molecular complexity index is 686. The molecular weight excluding hydrogens is 521 g/mol. The molecular formula is C24H41ClIN5. The third-order valence-electron chi connectivity index (χ3n) is 6.63. The fourth-order valence-electron chi connectivity index (χ4n) is 5.07. The fourth-order valence-corrected chi connectivity index (χ4v) is 5.27. The number of benzene rings is 1. The highest BCUT2D eigenvalue weighted by Crippen LogP contribution is 2.35. The maximum absolute atomic E-state index is 6.30. The highest BCUT2D eigenvalue weighted by atomic mass is 127. The van der Waals surface area contributed by atoms with Crippen LogP contribution in [0.1, 0.15) is 51.1 Å². The van der Waals surface area contributed by atoms with E-state index in [2.05, 4.69) is 59.5 Å². The molecule has 7 heteroatoms. The number of halogens is 2. The summed E-state index contributed by atoms with van der Waals surface area (Å²) < 4.78 is 0. The molecule has 176 valence electrons. The average molecular weight is 562 g/mol. The maximum atomic E-state index is 6.30. The van der Waals surface area contributed by atoms with Crippen LogP contribution in [0.15, 0.2) is 29.3 Å². The van der Waals surface area contributed by atoms with Crippen LogP contribution in [-0.4, -0.2) is 68.6 Å². The Morgan fingerprint density at radius 3 is 2.71 bits per heavy atom. The van der Waals surface area contributed by atoms with E-state index in [4.69, 9.17) is 16.6 Å². The minimum Gasteiger partial charge on any atom is -0.357 e. The summed E-state index contributed by atoms with van der Waals surface area (Å²) in [6, 6.07) is 8.77. The molecule has 0 radical (unpaired) electrons. The van der Waals surface area contributed by atoms with Gasteiger partial charge in [-0.2, -0.15) is 0 Å². The van der Waals surface area contributed by atoms with Crippen molar-refractivity contribution in [1.29, 1.82) is 0 Å². The van der Waals surface area contributed by atoms with Crippen LogP contribution in [0.25, 0.3) is 0 Å². The molecule has 2 saturated heterocycles. The summed E-state index contributed by atoms with van der Waals surface area (Å²) in [5.41, 5.74) is 1.32. The van der Waals surface area contributed by atoms with Crippen LogP contribution in [0.3, 0.4) is 0 Å². The van der Waals surface area contributed by atoms with E-state index in [1.54, 1.807) is 0 Å². The summed E-state index contributed by atoms with van der Waals surface area (Å²) in [5, 5.41) is 7.93. The number of hydrogen-bond donors (Lipinski definition) is 2. The highest BCUT2D eigenvalue weighted by molar-refractivity contribution is 14.0. The van der Waals surface area contributed by atoms with Gasteiger partial charge in [0, 0.05) is 37.2 Å². The predicted molar refractivity (Wildman–Crippen MR) is 144 cm³/mol. The second-order valence-electron chi connectivity index (χ2n) is 8.88. The summed E-state index contributed by atoms with van der Waals surface area (Å²) in [4.78, 5) is 9.99. The van der Waals surface area contributed by atoms with E-state index in [9.17, 15) is 0 Å². The first-order chi connectivity index (χ1) is 14.6. The predicted octanol–water partition coefficient (Wildman–Crippen LogP) is 4.63. The third-order valence-corrected chi connectivity index (χ3v) is 6.87. The van der Waals surface area contributed by atoms with Gasteiger partial charge in [0.2, 0.25) is 0 Å². The largest absolute Gasteiger partial charge is 0.357 e. The van der Waals surface area contributed by atoms with E-state index in [0.717, 1.165) is 43.7 Å². The van der Waals surface area contributed by atoms with Crippen molar-refractivity contribution in [2.45, 2.75) is 45.6 Å². The molecule has 0 amide bonds. The molecule has 31 heavy (non-hydrogen) atoms. The molecule has 2 fully saturated rings. The molecule has 3 atom stereocenters. The van der Waals surface area contributed by atoms with Gasteiger partial charge in [-0.3, -0.25) is 9.89 Å². The number of guanidine groups is 1. The number of aliphatic imine (C=N–C) groups is 1. The summed E-state index contributed by atoms with van der Waals surface area (Å²) in [5.74, 6) is 2.18. The van der Waals surface area contributed by atoms with Gasteiger partial charge >= 0.3 is 0 Å². The van der Waals surface area contributed by atoms with Gasteiger partial charge in [0.15, 0.2) is 5.96 Å². The summed E-state index contributed by atoms with van der Waals surface area (Å²) in [7, 11) is 2.24. The van der Waals surface area contributed by atoms with Crippen molar-refractivity contribution >= 4 is 41.5 Å². The molecule has 1 aromatic rings. The molecule has 3 rings (SSSR count). The van der Waals surface area contributed by atoms with Crippen molar-refractivity contribution in [3.8, 4) is 0 Å². The molecule has 0 saturated carbocycles. The Labute approximate surface area is 211 Å². The highest BCUT2D eigenvalue weighted by Gasteiger charge is 2.30. The van der Waals surface area contributed by atoms with Crippen LogP contribution in [0.5, 0.6) is 0 Å². The SMILES string of the molecule is CCNC(=NCC1CCCN(CC)C1)NCC1CCCN(C)C1c1cccc(Cl)c1.I. The van der Waals surface area contributed by atoms with Crippen LogP contribution < -0.4 is 10.6 Å². The number of nitrogens with one attached hydrogen (secondary N) is 2. The van der Waals surface area contributed by atoms with Crippen LogP contribution in [-0.2, 0) is 0 Å². The van der Waals surface area contributed by atoms with Crippen molar-refractivity contribution in [2.75, 3.05) is 52.9 Å². The Hall–Kier alpha value is -0.570. The molecule has 0 aliphatic carbocycles. The lowest BCUT2D eigenvalue weighted by atomic mass is 9.85. The zero-order valence-corrected chi connectivity index (χ0v) is 22.5. The normalized spacial score (nSPS) is 25.7. The lowest BCUT2D eigenvalue weighted by molar-refractivity contribution is 0.122. The molecule has 1 aromatic carbocycles. The molecule has 0 aromatic heterocycles. The van der Waals surface area contributed by atoms with Crippen molar-refractivity contribution in [1.82, 2.24) is 20.4 Å². The molecule has 2 aliphatic rings. The summed E-state index contributed by atoms with van der Waals surface area (Å²) in [6.45, 7) is 11.8. The Balaban J connectivity index is 0.00000341. The van der Waals surface area contributed by atoms with Crippen LogP contribution >= 0.6 is 35.6 Å². The quantitative estimate of drug-likeness (QED) is 0.290. The first-order valence-electron chi connectivity index (χ1n) is 11.8. The minimum absolute atomic E-state index is 0. The van der Waals surface area contributed by atoms with E-state index in [0.29, 0.717) is 17.9 Å². The zero-order valence-electron chi connectivity index (χ0n) is 19.4. The molecule has 3 unspecified atom stereocenters. The van der Waals surface area contributed by atoms with Crippen molar-refractivity contribution < 1.29 is 0 Å². The van der Waals surface area contributed by atoms with Gasteiger partial charge in [0.1, 0.15) is 0 Å². The van der Waals surface area contributed by atoms with Gasteiger partial charge in [0.25, 0.3) is 0 Å². The number of hydrogen-bond acceptors (Lipinski definition) is 3. The average Bonchev–Trinajstić information content (AvgIpc) is 2.76. The molecule has 0 spiro atoms. The smallest absolute Gasteiger partial charge is 0.191 e. The Kier molecular flexibility index (Phi) is 11.9.